The van der Waals surface area contributed by atoms with Crippen molar-refractivity contribution < 1.29 is 31.9 Å². The van der Waals surface area contributed by atoms with Crippen molar-refractivity contribution >= 4 is 47.3 Å². The number of hydrogen-bond donors (Lipinski definition) is 1. The summed E-state index contributed by atoms with van der Waals surface area (Å²) in [4.78, 5) is 32.1. The van der Waals surface area contributed by atoms with Crippen LogP contribution in [0.2, 0.25) is 0 Å². The molecule has 0 fully saturated rings. The minimum atomic E-state index is -4.96. The van der Waals surface area contributed by atoms with E-state index in [1.54, 1.807) is 14.0 Å². The van der Waals surface area contributed by atoms with Crippen LogP contribution in [0.3, 0.4) is 0 Å². The molecule has 1 N–H and O–H groups in total. The quantitative estimate of drug-likeness (QED) is 0.307. The third-order valence-corrected chi connectivity index (χ3v) is 5.59. The summed E-state index contributed by atoms with van der Waals surface area (Å²) in [6.45, 7) is 8.05. The molecule has 0 aliphatic heterocycles. The minimum Gasteiger partial charge on any atom is -0.475 e. The third-order valence-electron chi connectivity index (χ3n) is 5.59. The summed E-state index contributed by atoms with van der Waals surface area (Å²) >= 11 is 0. The number of benzene rings is 1. The van der Waals surface area contributed by atoms with Gasteiger partial charge in [-0.15, -0.1) is 12.4 Å². The lowest BCUT2D eigenvalue weighted by atomic mass is 10.2. The monoisotopic (exact) mass is 546 g/mol. The van der Waals surface area contributed by atoms with E-state index in [1.165, 1.54) is 10.7 Å². The van der Waals surface area contributed by atoms with E-state index in [0.29, 0.717) is 40.3 Å². The molecular formula is C23H27ClF4N6O3. The molecule has 2 heterocycles. The number of imide groups is 1. The fourth-order valence-electron chi connectivity index (χ4n) is 3.62. The lowest BCUT2D eigenvalue weighted by Gasteiger charge is -2.21. The van der Waals surface area contributed by atoms with Crippen molar-refractivity contribution in [3.63, 3.8) is 0 Å². The Morgan fingerprint density at radius 1 is 1.22 bits per heavy atom. The largest absolute Gasteiger partial charge is 0.475 e. The van der Waals surface area contributed by atoms with Gasteiger partial charge in [-0.05, 0) is 44.3 Å². The molecule has 2 aromatic heterocycles. The molecule has 0 saturated heterocycles. The first-order valence-corrected chi connectivity index (χ1v) is 11.1. The van der Waals surface area contributed by atoms with Crippen LogP contribution in [0.25, 0.3) is 11.0 Å². The number of urea groups is 1. The van der Waals surface area contributed by atoms with Gasteiger partial charge in [-0.1, -0.05) is 13.8 Å². The van der Waals surface area contributed by atoms with Gasteiger partial charge in [-0.25, -0.2) is 14.1 Å². The number of amides is 3. The number of nitrogens with one attached hydrogen (secondary N) is 1. The van der Waals surface area contributed by atoms with Gasteiger partial charge in [0, 0.05) is 24.7 Å². The van der Waals surface area contributed by atoms with E-state index in [1.807, 2.05) is 13.8 Å². The maximum atomic E-state index is 13.6. The number of aryl methyl sites for hydroxylation is 2. The first-order valence-electron chi connectivity index (χ1n) is 11.1. The molecule has 1 aromatic carbocycles. The molecular weight excluding hydrogens is 520 g/mol. The predicted octanol–water partition coefficient (Wildman–Crippen LogP) is 4.77. The van der Waals surface area contributed by atoms with Crippen LogP contribution in [-0.4, -0.2) is 58.3 Å². The van der Waals surface area contributed by atoms with E-state index in [9.17, 15) is 27.2 Å². The Balaban J connectivity index is 0.00000481. The van der Waals surface area contributed by atoms with Gasteiger partial charge in [0.2, 0.25) is 12.3 Å². The molecule has 14 heteroatoms. The Kier molecular flexibility index (Phi) is 9.81. The fourth-order valence-corrected chi connectivity index (χ4v) is 3.62. The van der Waals surface area contributed by atoms with Gasteiger partial charge in [0.25, 0.3) is 0 Å². The van der Waals surface area contributed by atoms with Crippen LogP contribution in [-0.2, 0) is 18.0 Å². The number of ether oxygens (including phenoxy) is 1. The van der Waals surface area contributed by atoms with Crippen molar-refractivity contribution in [3.8, 4) is 5.88 Å². The van der Waals surface area contributed by atoms with E-state index >= 15 is 0 Å². The first kappa shape index (κ1) is 29.8. The number of carbonyl (C=O) groups is 2. The summed E-state index contributed by atoms with van der Waals surface area (Å²) in [5, 5.41) is 7.03. The standard InChI is InChI=1S/C23H26F4N6O3.ClH/c1-5-32(6-2)9-10-36-21-19(12-16-14(3)30-31(4)20(16)29-21)33(13-34)22(35)28-15-7-8-18(24)17(11-15)23(25,26)27;/h7-8,11-13H,5-6,9-10H2,1-4H3,(H,28,35);1H. The number of nitrogens with zero attached hydrogens (tertiary/aromatic N) is 5. The van der Waals surface area contributed by atoms with E-state index in [4.69, 9.17) is 4.74 Å². The highest BCUT2D eigenvalue weighted by Crippen LogP contribution is 2.34. The maximum absolute atomic E-state index is 13.6. The zero-order valence-corrected chi connectivity index (χ0v) is 21.4. The molecule has 0 bridgehead atoms. The smallest absolute Gasteiger partial charge is 0.419 e. The van der Waals surface area contributed by atoms with Gasteiger partial charge >= 0.3 is 12.2 Å². The zero-order chi connectivity index (χ0) is 26.6. The molecule has 0 atom stereocenters. The number of carbonyl (C=O) groups excluding carboxylic acids is 2. The summed E-state index contributed by atoms with van der Waals surface area (Å²) in [6, 6.07) is 2.40. The number of aromatic nitrogens is 3. The van der Waals surface area contributed by atoms with Gasteiger partial charge in [0.15, 0.2) is 5.65 Å². The molecule has 0 radical (unpaired) electrons. The second-order valence-electron chi connectivity index (χ2n) is 7.87. The average molecular weight is 547 g/mol. The maximum Gasteiger partial charge on any atom is 0.419 e. The summed E-state index contributed by atoms with van der Waals surface area (Å²) in [5.74, 6) is -1.52. The third kappa shape index (κ3) is 6.66. The highest BCUT2D eigenvalue weighted by atomic mass is 35.5. The molecule has 0 aliphatic carbocycles. The number of halogens is 5. The molecule has 202 valence electrons. The van der Waals surface area contributed by atoms with Crippen molar-refractivity contribution in [1.29, 1.82) is 0 Å². The topological polar surface area (TPSA) is 92.6 Å². The summed E-state index contributed by atoms with van der Waals surface area (Å²) < 4.78 is 60.2. The van der Waals surface area contributed by atoms with Crippen molar-refractivity contribution in [2.75, 3.05) is 36.5 Å². The van der Waals surface area contributed by atoms with Crippen LogP contribution in [0.1, 0.15) is 25.1 Å². The number of rotatable bonds is 9. The summed E-state index contributed by atoms with van der Waals surface area (Å²) in [5.41, 5.74) is -0.892. The van der Waals surface area contributed by atoms with E-state index in [-0.39, 0.29) is 42.7 Å². The van der Waals surface area contributed by atoms with Crippen LogP contribution >= 0.6 is 12.4 Å². The van der Waals surface area contributed by atoms with Crippen molar-refractivity contribution in [2.24, 2.45) is 7.05 Å². The fraction of sp³-hybridized carbons (Fsp3) is 0.391. The minimum absolute atomic E-state index is 0. The number of likely N-dealkylation sites (N-methyl/N-ethyl adjacent to an activating group) is 1. The molecule has 0 spiro atoms. The Bertz CT molecular complexity index is 1260. The van der Waals surface area contributed by atoms with Gasteiger partial charge in [0.1, 0.15) is 18.1 Å². The Hall–Kier alpha value is -3.45. The number of pyridine rings is 1. The number of anilines is 2. The van der Waals surface area contributed by atoms with E-state index in [2.05, 4.69) is 20.3 Å². The molecule has 0 aliphatic rings. The van der Waals surface area contributed by atoms with Crippen LogP contribution in [0.5, 0.6) is 5.88 Å². The van der Waals surface area contributed by atoms with E-state index in [0.717, 1.165) is 19.2 Å². The second-order valence-corrected chi connectivity index (χ2v) is 7.87. The Morgan fingerprint density at radius 2 is 1.89 bits per heavy atom. The van der Waals surface area contributed by atoms with Gasteiger partial charge in [-0.3, -0.25) is 9.48 Å². The number of alkyl halides is 3. The average Bonchev–Trinajstić information content (AvgIpc) is 3.10. The van der Waals surface area contributed by atoms with Crippen LogP contribution in [0.15, 0.2) is 24.3 Å². The van der Waals surface area contributed by atoms with Crippen molar-refractivity contribution in [2.45, 2.75) is 26.9 Å². The Morgan fingerprint density at radius 3 is 2.49 bits per heavy atom. The van der Waals surface area contributed by atoms with E-state index < -0.39 is 23.6 Å². The lowest BCUT2D eigenvalue weighted by molar-refractivity contribution is -0.139. The molecule has 9 nitrogen and oxygen atoms in total. The second kappa shape index (κ2) is 12.2. The van der Waals surface area contributed by atoms with Crippen molar-refractivity contribution in [1.82, 2.24) is 19.7 Å². The van der Waals surface area contributed by atoms with Gasteiger partial charge in [-0.2, -0.15) is 23.3 Å². The number of fused-ring (bicyclic) bond motifs is 1. The van der Waals surface area contributed by atoms with Gasteiger partial charge < -0.3 is 15.0 Å². The molecule has 3 amide bonds. The molecule has 0 saturated carbocycles. The molecule has 0 unspecified atom stereocenters. The highest BCUT2D eigenvalue weighted by Gasteiger charge is 2.34. The van der Waals surface area contributed by atoms with Crippen LogP contribution in [0.4, 0.5) is 33.7 Å². The molecule has 3 rings (SSSR count). The normalized spacial score (nSPS) is 11.4. The van der Waals surface area contributed by atoms with Crippen LogP contribution < -0.4 is 15.0 Å². The Labute approximate surface area is 216 Å². The SMILES string of the molecule is CCN(CC)CCOc1nc2c(cc1N(C=O)C(=O)Nc1ccc(F)c(C(F)(F)F)c1)c(C)nn2C.Cl. The van der Waals surface area contributed by atoms with Gasteiger partial charge in [0.05, 0.1) is 11.3 Å². The molecule has 3 aromatic rings. The van der Waals surface area contributed by atoms with Crippen LogP contribution in [0, 0.1) is 12.7 Å². The summed E-state index contributed by atoms with van der Waals surface area (Å²) in [7, 11) is 1.68. The lowest BCUT2D eigenvalue weighted by Crippen LogP contribution is -2.34. The summed E-state index contributed by atoms with van der Waals surface area (Å²) in [6.07, 6.45) is -4.77. The molecule has 37 heavy (non-hydrogen) atoms. The predicted molar refractivity (Wildman–Crippen MR) is 133 cm³/mol. The first-order chi connectivity index (χ1) is 17.0. The van der Waals surface area contributed by atoms with Crippen molar-refractivity contribution in [3.05, 3.63) is 41.3 Å². The number of hydrogen-bond acceptors (Lipinski definition) is 6. The zero-order valence-electron chi connectivity index (χ0n) is 20.6. The highest BCUT2D eigenvalue weighted by molar-refractivity contribution is 6.13.